The summed E-state index contributed by atoms with van der Waals surface area (Å²) in [5, 5.41) is 4.28. The molecule has 1 heterocycles. The molecule has 130 valence electrons. The Morgan fingerprint density at radius 3 is 2.44 bits per heavy atom. The first-order valence-corrected chi connectivity index (χ1v) is 8.83. The van der Waals surface area contributed by atoms with Crippen LogP contribution < -0.4 is 5.32 Å². The van der Waals surface area contributed by atoms with E-state index in [1.165, 1.54) is 11.3 Å². The van der Waals surface area contributed by atoms with Crippen LogP contribution in [0.15, 0.2) is 48.5 Å². The minimum absolute atomic E-state index is 0.0305. The van der Waals surface area contributed by atoms with Gasteiger partial charge < -0.3 is 9.88 Å². The van der Waals surface area contributed by atoms with Gasteiger partial charge in [0.1, 0.15) is 0 Å². The smallest absolute Gasteiger partial charge is 0.251 e. The molecule has 25 heavy (non-hydrogen) atoms. The van der Waals surface area contributed by atoms with Crippen LogP contribution in [-0.4, -0.2) is 10.5 Å². The van der Waals surface area contributed by atoms with Gasteiger partial charge in [-0.05, 0) is 54.5 Å². The zero-order valence-corrected chi connectivity index (χ0v) is 15.6. The number of carbonyl (C=O) groups is 1. The first kappa shape index (κ1) is 17.3. The lowest BCUT2D eigenvalue weighted by Crippen LogP contribution is -2.26. The van der Waals surface area contributed by atoms with E-state index in [0.717, 1.165) is 16.5 Å². The molecule has 0 saturated heterocycles. The maximum Gasteiger partial charge on any atom is 0.251 e. The predicted octanol–water partition coefficient (Wildman–Crippen LogP) is 5.10. The second-order valence-electron chi connectivity index (χ2n) is 7.14. The average Bonchev–Trinajstić information content (AvgIpc) is 2.88. The summed E-state index contributed by atoms with van der Waals surface area (Å²) >= 11 is 0. The molecule has 0 radical (unpaired) electrons. The van der Waals surface area contributed by atoms with Crippen LogP contribution in [-0.2, 0) is 7.05 Å². The molecule has 1 atom stereocenters. The standard InChI is InChI=1S/C22H26N2O/c1-14(2)17-7-6-8-18(12-17)16(4)23-22(25)20-10-9-19-11-15(3)24(5)21(19)13-20/h6-14,16H,1-5H3,(H,23,25)/t16-/m0/s1. The Bertz CT molecular complexity index is 921. The average molecular weight is 334 g/mol. The van der Waals surface area contributed by atoms with Crippen LogP contribution in [0.3, 0.4) is 0 Å². The minimum atomic E-state index is -0.0387. The lowest BCUT2D eigenvalue weighted by Gasteiger charge is -2.16. The van der Waals surface area contributed by atoms with Crippen molar-refractivity contribution in [2.75, 3.05) is 0 Å². The van der Waals surface area contributed by atoms with Crippen LogP contribution in [0.4, 0.5) is 0 Å². The van der Waals surface area contributed by atoms with Gasteiger partial charge in [0.25, 0.3) is 5.91 Å². The molecule has 3 rings (SSSR count). The molecule has 0 aliphatic carbocycles. The number of nitrogens with one attached hydrogen (secondary N) is 1. The highest BCUT2D eigenvalue weighted by atomic mass is 16.1. The second-order valence-corrected chi connectivity index (χ2v) is 7.14. The maximum absolute atomic E-state index is 12.7. The molecule has 0 spiro atoms. The lowest BCUT2D eigenvalue weighted by molar-refractivity contribution is 0.0940. The Balaban J connectivity index is 1.82. The van der Waals surface area contributed by atoms with Crippen molar-refractivity contribution in [3.63, 3.8) is 0 Å². The van der Waals surface area contributed by atoms with Crippen molar-refractivity contribution in [1.29, 1.82) is 0 Å². The van der Waals surface area contributed by atoms with Crippen LogP contribution in [0.25, 0.3) is 10.9 Å². The van der Waals surface area contributed by atoms with Crippen LogP contribution >= 0.6 is 0 Å². The minimum Gasteiger partial charge on any atom is -0.348 e. The number of amides is 1. The molecular formula is C22H26N2O. The summed E-state index contributed by atoms with van der Waals surface area (Å²) in [5.41, 5.74) is 5.39. The third-order valence-electron chi connectivity index (χ3n) is 4.97. The fourth-order valence-electron chi connectivity index (χ4n) is 3.16. The van der Waals surface area contributed by atoms with E-state index in [1.54, 1.807) is 0 Å². The Morgan fingerprint density at radius 2 is 1.72 bits per heavy atom. The Labute approximate surface area is 149 Å². The summed E-state index contributed by atoms with van der Waals surface area (Å²) in [6, 6.07) is 16.4. The van der Waals surface area contributed by atoms with Crippen molar-refractivity contribution < 1.29 is 4.79 Å². The number of nitrogens with zero attached hydrogens (tertiary/aromatic N) is 1. The van der Waals surface area contributed by atoms with Crippen molar-refractivity contribution in [3.8, 4) is 0 Å². The monoisotopic (exact) mass is 334 g/mol. The SMILES string of the molecule is Cc1cc2ccc(C(=O)N[C@@H](C)c3cccc(C(C)C)c3)cc2n1C. The fourth-order valence-corrected chi connectivity index (χ4v) is 3.16. The topological polar surface area (TPSA) is 34.0 Å². The maximum atomic E-state index is 12.7. The quantitative estimate of drug-likeness (QED) is 0.707. The van der Waals surface area contributed by atoms with Gasteiger partial charge in [-0.3, -0.25) is 4.79 Å². The van der Waals surface area contributed by atoms with E-state index in [0.29, 0.717) is 11.5 Å². The molecule has 3 aromatic rings. The van der Waals surface area contributed by atoms with Gasteiger partial charge >= 0.3 is 0 Å². The number of carbonyl (C=O) groups excluding carboxylic acids is 1. The number of benzene rings is 2. The molecule has 1 amide bonds. The van der Waals surface area contributed by atoms with Gasteiger partial charge in [-0.1, -0.05) is 44.2 Å². The highest BCUT2D eigenvalue weighted by Crippen LogP contribution is 2.22. The molecule has 0 saturated carbocycles. The third-order valence-corrected chi connectivity index (χ3v) is 4.97. The number of hydrogen-bond donors (Lipinski definition) is 1. The molecule has 1 aromatic heterocycles. The second kappa shape index (κ2) is 6.75. The van der Waals surface area contributed by atoms with Crippen molar-refractivity contribution in [3.05, 3.63) is 70.9 Å². The summed E-state index contributed by atoms with van der Waals surface area (Å²) in [6.45, 7) is 8.46. The Hall–Kier alpha value is -2.55. The first-order valence-electron chi connectivity index (χ1n) is 8.83. The normalized spacial score (nSPS) is 12.6. The summed E-state index contributed by atoms with van der Waals surface area (Å²) < 4.78 is 2.11. The van der Waals surface area contributed by atoms with E-state index in [4.69, 9.17) is 0 Å². The highest BCUT2D eigenvalue weighted by Gasteiger charge is 2.14. The summed E-state index contributed by atoms with van der Waals surface area (Å²) in [6.07, 6.45) is 0. The third kappa shape index (κ3) is 3.46. The largest absolute Gasteiger partial charge is 0.348 e. The molecule has 3 nitrogen and oxygen atoms in total. The van der Waals surface area contributed by atoms with Gasteiger partial charge in [-0.2, -0.15) is 0 Å². The number of aromatic nitrogens is 1. The van der Waals surface area contributed by atoms with Crippen LogP contribution in [0.2, 0.25) is 0 Å². The molecule has 3 heteroatoms. The molecule has 0 fully saturated rings. The Kier molecular flexibility index (Phi) is 4.67. The molecule has 1 N–H and O–H groups in total. The lowest BCUT2D eigenvalue weighted by atomic mass is 9.98. The predicted molar refractivity (Wildman–Crippen MR) is 104 cm³/mol. The molecular weight excluding hydrogens is 308 g/mol. The van der Waals surface area contributed by atoms with E-state index in [-0.39, 0.29) is 11.9 Å². The van der Waals surface area contributed by atoms with Crippen LogP contribution in [0.1, 0.15) is 59.9 Å². The van der Waals surface area contributed by atoms with E-state index >= 15 is 0 Å². The van der Waals surface area contributed by atoms with Gasteiger partial charge in [-0.25, -0.2) is 0 Å². The van der Waals surface area contributed by atoms with Gasteiger partial charge in [0, 0.05) is 23.8 Å². The highest BCUT2D eigenvalue weighted by molar-refractivity contribution is 5.98. The molecule has 0 aliphatic rings. The Morgan fingerprint density at radius 1 is 1.00 bits per heavy atom. The number of rotatable bonds is 4. The van der Waals surface area contributed by atoms with Gasteiger partial charge in [0.05, 0.1) is 6.04 Å². The fraction of sp³-hybridized carbons (Fsp3) is 0.318. The molecule has 0 unspecified atom stereocenters. The van der Waals surface area contributed by atoms with E-state index in [9.17, 15) is 4.79 Å². The summed E-state index contributed by atoms with van der Waals surface area (Å²) in [5.74, 6) is 0.439. The summed E-state index contributed by atoms with van der Waals surface area (Å²) in [7, 11) is 2.03. The molecule has 2 aromatic carbocycles. The van der Waals surface area contributed by atoms with Crippen LogP contribution in [0, 0.1) is 6.92 Å². The number of fused-ring (bicyclic) bond motifs is 1. The zero-order chi connectivity index (χ0) is 18.1. The van der Waals surface area contributed by atoms with Crippen molar-refractivity contribution in [2.45, 2.75) is 39.7 Å². The number of hydrogen-bond acceptors (Lipinski definition) is 1. The molecule has 0 aliphatic heterocycles. The van der Waals surface area contributed by atoms with Crippen molar-refractivity contribution >= 4 is 16.8 Å². The first-order chi connectivity index (χ1) is 11.9. The van der Waals surface area contributed by atoms with Gasteiger partial charge in [0.15, 0.2) is 0 Å². The van der Waals surface area contributed by atoms with Crippen molar-refractivity contribution in [2.24, 2.45) is 7.05 Å². The number of aryl methyl sites for hydroxylation is 2. The van der Waals surface area contributed by atoms with Gasteiger partial charge in [0.2, 0.25) is 0 Å². The van der Waals surface area contributed by atoms with Gasteiger partial charge in [-0.15, -0.1) is 0 Å². The molecule has 0 bridgehead atoms. The van der Waals surface area contributed by atoms with Crippen molar-refractivity contribution in [1.82, 2.24) is 9.88 Å². The zero-order valence-electron chi connectivity index (χ0n) is 15.6. The van der Waals surface area contributed by atoms with E-state index < -0.39 is 0 Å². The van der Waals surface area contributed by atoms with E-state index in [1.807, 2.05) is 32.2 Å². The summed E-state index contributed by atoms with van der Waals surface area (Å²) in [4.78, 5) is 12.7. The van der Waals surface area contributed by atoms with Crippen LogP contribution in [0.5, 0.6) is 0 Å². The van der Waals surface area contributed by atoms with E-state index in [2.05, 4.69) is 61.0 Å².